The van der Waals surface area contributed by atoms with Gasteiger partial charge in [-0.3, -0.25) is 4.57 Å². The molecule has 0 radical (unpaired) electrons. The molecule has 4 nitrogen and oxygen atoms in total. The zero-order valence-corrected chi connectivity index (χ0v) is 11.1. The molecule has 0 saturated heterocycles. The normalized spacial score (nSPS) is 13.7. The number of hydrogen-bond acceptors (Lipinski definition) is 4. The monoisotopic (exact) mass is 266 g/mol. The minimum absolute atomic E-state index is 0.515. The van der Waals surface area contributed by atoms with Gasteiger partial charge in [0, 0.05) is 14.2 Å². The molecule has 0 bridgehead atoms. The van der Waals surface area contributed by atoms with E-state index in [1.807, 2.05) is 30.3 Å². The molecule has 2 rings (SSSR count). The van der Waals surface area contributed by atoms with Gasteiger partial charge in [0.05, 0.1) is 0 Å². The van der Waals surface area contributed by atoms with Crippen molar-refractivity contribution in [1.82, 2.24) is 0 Å². The highest BCUT2D eigenvalue weighted by molar-refractivity contribution is 7.54. The second kappa shape index (κ2) is 5.21. The van der Waals surface area contributed by atoms with Gasteiger partial charge in [-0.15, -0.1) is 0 Å². The van der Waals surface area contributed by atoms with Crippen molar-refractivity contribution >= 4 is 18.4 Å². The van der Waals surface area contributed by atoms with Crippen molar-refractivity contribution in [3.05, 3.63) is 48.0 Å². The number of aliphatic hydroxyl groups excluding tert-OH is 1. The van der Waals surface area contributed by atoms with Crippen LogP contribution in [0.1, 0.15) is 11.4 Å². The molecule has 0 aliphatic carbocycles. The maximum atomic E-state index is 12.1. The Bertz CT molecular complexity index is 588. The van der Waals surface area contributed by atoms with E-state index in [0.717, 1.165) is 10.8 Å². The first-order chi connectivity index (χ1) is 8.60. The minimum Gasteiger partial charge on any atom is -0.376 e. The number of fused-ring (bicyclic) bond motifs is 1. The lowest BCUT2D eigenvalue weighted by molar-refractivity contribution is 0.176. The Labute approximate surface area is 106 Å². The van der Waals surface area contributed by atoms with E-state index in [4.69, 9.17) is 9.05 Å². The molecule has 0 aliphatic heterocycles. The second-order valence-corrected chi connectivity index (χ2v) is 6.18. The Morgan fingerprint density at radius 1 is 1.06 bits per heavy atom. The highest BCUT2D eigenvalue weighted by Gasteiger charge is 2.33. The summed E-state index contributed by atoms with van der Waals surface area (Å²) in [5.41, 5.74) is 0.515. The Kier molecular flexibility index (Phi) is 3.83. The van der Waals surface area contributed by atoms with Crippen LogP contribution in [0, 0.1) is 0 Å². The first-order valence-corrected chi connectivity index (χ1v) is 7.10. The van der Waals surface area contributed by atoms with Crippen LogP contribution in [-0.2, 0) is 13.6 Å². The van der Waals surface area contributed by atoms with E-state index in [-0.39, 0.29) is 0 Å². The molecule has 2 aromatic carbocycles. The Morgan fingerprint density at radius 3 is 2.28 bits per heavy atom. The molecular formula is C13H15O4P. The summed E-state index contributed by atoms with van der Waals surface area (Å²) in [7, 11) is -1.000. The molecule has 0 fully saturated rings. The summed E-state index contributed by atoms with van der Waals surface area (Å²) in [6.07, 6.45) is 0. The molecule has 18 heavy (non-hydrogen) atoms. The van der Waals surface area contributed by atoms with Crippen LogP contribution in [0.3, 0.4) is 0 Å². The van der Waals surface area contributed by atoms with E-state index in [9.17, 15) is 9.67 Å². The lowest BCUT2D eigenvalue weighted by Gasteiger charge is -2.20. The molecule has 96 valence electrons. The first-order valence-electron chi connectivity index (χ1n) is 5.48. The molecule has 5 heteroatoms. The van der Waals surface area contributed by atoms with E-state index in [0.29, 0.717) is 5.56 Å². The Hall–Kier alpha value is -1.19. The third kappa shape index (κ3) is 2.33. The SMILES string of the molecule is COP(=O)(OC)[C@H](O)c1ccc2ccccc2c1. The van der Waals surface area contributed by atoms with Crippen molar-refractivity contribution in [2.45, 2.75) is 5.85 Å². The summed E-state index contributed by atoms with van der Waals surface area (Å²) < 4.78 is 21.7. The van der Waals surface area contributed by atoms with Crippen molar-refractivity contribution in [3.8, 4) is 0 Å². The summed E-state index contributed by atoms with van der Waals surface area (Å²) in [6.45, 7) is 0. The van der Waals surface area contributed by atoms with Gasteiger partial charge in [0.2, 0.25) is 0 Å². The van der Waals surface area contributed by atoms with Gasteiger partial charge in [-0.1, -0.05) is 36.4 Å². The van der Waals surface area contributed by atoms with Gasteiger partial charge in [-0.05, 0) is 22.4 Å². The lowest BCUT2D eigenvalue weighted by atomic mass is 10.1. The topological polar surface area (TPSA) is 55.8 Å². The predicted octanol–water partition coefficient (Wildman–Crippen LogP) is 3.32. The van der Waals surface area contributed by atoms with Crippen LogP contribution < -0.4 is 0 Å². The van der Waals surface area contributed by atoms with Gasteiger partial charge in [0.15, 0.2) is 5.85 Å². The number of hydrogen-bond donors (Lipinski definition) is 1. The van der Waals surface area contributed by atoms with Crippen molar-refractivity contribution < 1.29 is 18.7 Å². The quantitative estimate of drug-likeness (QED) is 0.862. The average Bonchev–Trinajstić information content (AvgIpc) is 2.45. The van der Waals surface area contributed by atoms with Crippen LogP contribution in [0.5, 0.6) is 0 Å². The van der Waals surface area contributed by atoms with E-state index < -0.39 is 13.4 Å². The molecule has 0 unspecified atom stereocenters. The maximum absolute atomic E-state index is 12.1. The number of aliphatic hydroxyl groups is 1. The van der Waals surface area contributed by atoms with E-state index in [2.05, 4.69) is 0 Å². The van der Waals surface area contributed by atoms with Gasteiger partial charge < -0.3 is 14.2 Å². The lowest BCUT2D eigenvalue weighted by Crippen LogP contribution is -2.02. The molecule has 1 atom stereocenters. The molecule has 0 heterocycles. The van der Waals surface area contributed by atoms with Crippen LogP contribution >= 0.6 is 7.60 Å². The zero-order chi connectivity index (χ0) is 13.2. The molecule has 0 saturated carbocycles. The maximum Gasteiger partial charge on any atom is 0.362 e. The van der Waals surface area contributed by atoms with Crippen LogP contribution in [0.15, 0.2) is 42.5 Å². The summed E-state index contributed by atoms with van der Waals surface area (Å²) in [5, 5.41) is 12.1. The first kappa shape index (κ1) is 13.2. The third-order valence-corrected chi connectivity index (χ3v) is 4.80. The Balaban J connectivity index is 2.45. The molecule has 0 spiro atoms. The van der Waals surface area contributed by atoms with Crippen molar-refractivity contribution in [3.63, 3.8) is 0 Å². The molecule has 2 aromatic rings. The van der Waals surface area contributed by atoms with E-state index in [1.165, 1.54) is 14.2 Å². The van der Waals surface area contributed by atoms with Crippen LogP contribution in [0.25, 0.3) is 10.8 Å². The third-order valence-electron chi connectivity index (χ3n) is 2.88. The number of rotatable bonds is 4. The molecule has 0 aromatic heterocycles. The largest absolute Gasteiger partial charge is 0.376 e. The molecule has 0 amide bonds. The fraction of sp³-hybridized carbons (Fsp3) is 0.231. The summed E-state index contributed by atoms with van der Waals surface area (Å²) >= 11 is 0. The zero-order valence-electron chi connectivity index (χ0n) is 10.2. The summed E-state index contributed by atoms with van der Waals surface area (Å²) in [4.78, 5) is 0. The average molecular weight is 266 g/mol. The van der Waals surface area contributed by atoms with Crippen molar-refractivity contribution in [2.24, 2.45) is 0 Å². The molecular weight excluding hydrogens is 251 g/mol. The summed E-state index contributed by atoms with van der Waals surface area (Å²) in [6, 6.07) is 13.1. The fourth-order valence-corrected chi connectivity index (χ4v) is 2.90. The highest BCUT2D eigenvalue weighted by Crippen LogP contribution is 2.58. The van der Waals surface area contributed by atoms with Crippen molar-refractivity contribution in [2.75, 3.05) is 14.2 Å². The fourth-order valence-electron chi connectivity index (χ4n) is 1.83. The smallest absolute Gasteiger partial charge is 0.362 e. The van der Waals surface area contributed by atoms with Crippen LogP contribution in [-0.4, -0.2) is 19.3 Å². The predicted molar refractivity (Wildman–Crippen MR) is 70.5 cm³/mol. The summed E-state index contributed by atoms with van der Waals surface area (Å²) in [5.74, 6) is -1.28. The van der Waals surface area contributed by atoms with Crippen LogP contribution in [0.2, 0.25) is 0 Å². The number of benzene rings is 2. The van der Waals surface area contributed by atoms with Crippen LogP contribution in [0.4, 0.5) is 0 Å². The van der Waals surface area contributed by atoms with Gasteiger partial charge in [-0.25, -0.2) is 0 Å². The minimum atomic E-state index is -3.52. The highest BCUT2D eigenvalue weighted by atomic mass is 31.2. The molecule has 0 aliphatic rings. The van der Waals surface area contributed by atoms with Gasteiger partial charge in [-0.2, -0.15) is 0 Å². The van der Waals surface area contributed by atoms with Gasteiger partial charge in [0.25, 0.3) is 0 Å². The van der Waals surface area contributed by atoms with Gasteiger partial charge >= 0.3 is 7.60 Å². The molecule has 1 N–H and O–H groups in total. The Morgan fingerprint density at radius 2 is 1.67 bits per heavy atom. The van der Waals surface area contributed by atoms with E-state index in [1.54, 1.807) is 12.1 Å². The van der Waals surface area contributed by atoms with Crippen molar-refractivity contribution in [1.29, 1.82) is 0 Å². The van der Waals surface area contributed by atoms with Gasteiger partial charge in [0.1, 0.15) is 0 Å². The second-order valence-electron chi connectivity index (χ2n) is 3.89. The van der Waals surface area contributed by atoms with E-state index >= 15 is 0 Å². The standard InChI is InChI=1S/C13H15O4P/c1-16-18(15,17-2)13(14)12-8-7-10-5-3-4-6-11(10)9-12/h3-9,13-14H,1-2H3/t13-/m0/s1.